The predicted octanol–water partition coefficient (Wildman–Crippen LogP) is 12.3. The van der Waals surface area contributed by atoms with E-state index in [1.165, 1.54) is 77.0 Å². The fourth-order valence-electron chi connectivity index (χ4n) is 5.52. The van der Waals surface area contributed by atoms with E-state index in [0.717, 1.165) is 64.2 Å². The molecule has 0 heterocycles. The maximum absolute atomic E-state index is 12.1. The Bertz CT molecular complexity index is 1150. The molecule has 0 aromatic heterocycles. The molecule has 0 rings (SSSR count). The summed E-state index contributed by atoms with van der Waals surface area (Å²) in [6, 6.07) is 0. The van der Waals surface area contributed by atoms with Crippen molar-refractivity contribution in [1.29, 1.82) is 0 Å². The summed E-state index contributed by atoms with van der Waals surface area (Å²) in [5.41, 5.74) is 0. The molecule has 0 bridgehead atoms. The molecule has 0 fully saturated rings. The third-order valence-electron chi connectivity index (χ3n) is 8.86. The number of ether oxygens (including phenoxy) is 1. The number of hydrogen-bond acceptors (Lipinski definition) is 7. The first-order valence-electron chi connectivity index (χ1n) is 21.9. The third kappa shape index (κ3) is 42.6. The lowest BCUT2D eigenvalue weighted by Crippen LogP contribution is -2.27. The second kappa shape index (κ2) is 42.1. The highest BCUT2D eigenvalue weighted by Crippen LogP contribution is 2.42. The molecule has 0 radical (unpaired) electrons. The van der Waals surface area contributed by atoms with E-state index in [0.29, 0.717) is 12.8 Å². The highest BCUT2D eigenvalue weighted by Gasteiger charge is 2.23. The quantitative estimate of drug-likeness (QED) is 0.0241. The number of phosphoric acid groups is 1. The first-order chi connectivity index (χ1) is 27.3. The maximum Gasteiger partial charge on any atom is 0.472 e. The number of carbonyl (C=O) groups is 2. The molecule has 0 saturated heterocycles. The van der Waals surface area contributed by atoms with Crippen molar-refractivity contribution in [2.75, 3.05) is 26.4 Å². The number of carbonyl (C=O) groups excluding carboxylic acids is 2. The normalized spacial score (nSPS) is 14.0. The third-order valence-corrected chi connectivity index (χ3v) is 9.84. The van der Waals surface area contributed by atoms with Gasteiger partial charge in [0.2, 0.25) is 5.91 Å². The summed E-state index contributed by atoms with van der Waals surface area (Å²) in [6.45, 7) is 3.42. The molecule has 2 unspecified atom stereocenters. The molecule has 10 heteroatoms. The van der Waals surface area contributed by atoms with Gasteiger partial charge in [0.25, 0.3) is 0 Å². The Morgan fingerprint density at radius 1 is 0.554 bits per heavy atom. The lowest BCUT2D eigenvalue weighted by atomic mass is 10.1. The van der Waals surface area contributed by atoms with Crippen molar-refractivity contribution in [2.45, 2.75) is 180 Å². The summed E-state index contributed by atoms with van der Waals surface area (Å²) >= 11 is 0. The number of rotatable bonds is 40. The van der Waals surface area contributed by atoms with E-state index in [1.54, 1.807) is 0 Å². The first kappa shape index (κ1) is 53.5. The summed E-state index contributed by atoms with van der Waals surface area (Å²) < 4.78 is 26.8. The van der Waals surface area contributed by atoms with Crippen LogP contribution in [0.2, 0.25) is 0 Å². The molecular formula is C46H80NO8P. The van der Waals surface area contributed by atoms with Crippen LogP contribution in [0.15, 0.2) is 72.9 Å². The molecule has 2 atom stereocenters. The van der Waals surface area contributed by atoms with E-state index in [2.05, 4.69) is 92.1 Å². The van der Waals surface area contributed by atoms with Crippen LogP contribution in [0.5, 0.6) is 0 Å². The summed E-state index contributed by atoms with van der Waals surface area (Å²) in [5, 5.41) is 12.7. The van der Waals surface area contributed by atoms with Crippen LogP contribution in [-0.2, 0) is 27.9 Å². The van der Waals surface area contributed by atoms with Crippen LogP contribution in [0.3, 0.4) is 0 Å². The van der Waals surface area contributed by atoms with Crippen molar-refractivity contribution in [3.8, 4) is 0 Å². The van der Waals surface area contributed by atoms with E-state index < -0.39 is 26.5 Å². The zero-order valence-corrected chi connectivity index (χ0v) is 36.2. The molecule has 9 nitrogen and oxygen atoms in total. The number of amides is 1. The van der Waals surface area contributed by atoms with Crippen molar-refractivity contribution in [1.82, 2.24) is 5.32 Å². The Balaban J connectivity index is 3.70. The van der Waals surface area contributed by atoms with Crippen molar-refractivity contribution in [3.05, 3.63) is 72.9 Å². The number of phosphoric ester groups is 1. The SMILES string of the molecule is CCCCC/C=C\C/C=C\C/C=C\C/C=C\CCCC(=O)NCCOP(=O)(O)OCC(O)COC(=O)CCCCCCCCC/C=C\C/C=C\CCCCCC. The Kier molecular flexibility index (Phi) is 40.2. The van der Waals surface area contributed by atoms with E-state index in [-0.39, 0.29) is 32.1 Å². The van der Waals surface area contributed by atoms with Crippen LogP contribution in [0, 0.1) is 0 Å². The molecule has 0 aromatic rings. The zero-order chi connectivity index (χ0) is 41.1. The van der Waals surface area contributed by atoms with Gasteiger partial charge < -0.3 is 20.1 Å². The lowest BCUT2D eigenvalue weighted by molar-refractivity contribution is -0.147. The molecule has 56 heavy (non-hydrogen) atoms. The maximum atomic E-state index is 12.1. The summed E-state index contributed by atoms with van der Waals surface area (Å²) in [7, 11) is -4.44. The molecule has 0 aliphatic heterocycles. The highest BCUT2D eigenvalue weighted by atomic mass is 31.2. The van der Waals surface area contributed by atoms with E-state index in [9.17, 15) is 24.2 Å². The van der Waals surface area contributed by atoms with Crippen LogP contribution >= 0.6 is 7.82 Å². The largest absolute Gasteiger partial charge is 0.472 e. The standard InChI is InChI=1S/C46H80NO8P/c1-3-5-7-9-11-13-15-17-19-21-23-25-27-29-31-33-35-37-39-46(50)53-42-44(48)43-55-56(51,52)54-41-40-47-45(49)38-36-34-32-30-28-26-24-22-20-18-16-14-12-10-8-6-4-2/h12-15,18-21,24,26,30,32,44,48H,3-11,16-17,22-23,25,27-29,31,33-43H2,1-2H3,(H,47,49)(H,51,52)/b14-12-,15-13-,20-18-,21-19-,26-24-,32-30-. The molecule has 0 aliphatic carbocycles. The summed E-state index contributed by atoms with van der Waals surface area (Å²) in [5.74, 6) is -0.586. The molecule has 0 aliphatic rings. The smallest absolute Gasteiger partial charge is 0.463 e. The van der Waals surface area contributed by atoms with Gasteiger partial charge in [-0.3, -0.25) is 18.6 Å². The molecule has 1 amide bonds. The van der Waals surface area contributed by atoms with Gasteiger partial charge in [0.15, 0.2) is 0 Å². The van der Waals surface area contributed by atoms with Gasteiger partial charge in [-0.25, -0.2) is 4.57 Å². The van der Waals surface area contributed by atoms with Crippen molar-refractivity contribution < 1.29 is 37.9 Å². The van der Waals surface area contributed by atoms with Crippen LogP contribution in [0.4, 0.5) is 0 Å². The minimum atomic E-state index is -4.44. The van der Waals surface area contributed by atoms with Gasteiger partial charge in [0.1, 0.15) is 12.7 Å². The highest BCUT2D eigenvalue weighted by molar-refractivity contribution is 7.47. The van der Waals surface area contributed by atoms with Crippen molar-refractivity contribution in [3.63, 3.8) is 0 Å². The van der Waals surface area contributed by atoms with Gasteiger partial charge in [-0.1, -0.05) is 151 Å². The minimum absolute atomic E-state index is 0.0481. The second-order valence-corrected chi connectivity index (χ2v) is 15.8. The van der Waals surface area contributed by atoms with Gasteiger partial charge in [0.05, 0.1) is 13.2 Å². The molecule has 0 spiro atoms. The van der Waals surface area contributed by atoms with Crippen LogP contribution < -0.4 is 5.32 Å². The minimum Gasteiger partial charge on any atom is -0.463 e. The summed E-state index contributed by atoms with van der Waals surface area (Å²) in [6.07, 6.45) is 51.2. The predicted molar refractivity (Wildman–Crippen MR) is 233 cm³/mol. The fourth-order valence-corrected chi connectivity index (χ4v) is 6.28. The Hall–Kier alpha value is -2.55. The van der Waals surface area contributed by atoms with Crippen LogP contribution in [-0.4, -0.2) is 54.3 Å². The molecule has 322 valence electrons. The van der Waals surface area contributed by atoms with Gasteiger partial charge in [-0.2, -0.15) is 0 Å². The number of aliphatic hydroxyl groups excluding tert-OH is 1. The lowest BCUT2D eigenvalue weighted by Gasteiger charge is -2.15. The van der Waals surface area contributed by atoms with Crippen molar-refractivity contribution in [2.24, 2.45) is 0 Å². The Labute approximate surface area is 341 Å². The number of allylic oxidation sites excluding steroid dienone is 12. The van der Waals surface area contributed by atoms with Crippen LogP contribution in [0.1, 0.15) is 174 Å². The Morgan fingerprint density at radius 3 is 1.52 bits per heavy atom. The Morgan fingerprint density at radius 2 is 0.982 bits per heavy atom. The molecule has 0 aromatic carbocycles. The van der Waals surface area contributed by atoms with E-state index in [4.69, 9.17) is 13.8 Å². The van der Waals surface area contributed by atoms with Crippen molar-refractivity contribution >= 4 is 19.7 Å². The topological polar surface area (TPSA) is 131 Å². The van der Waals surface area contributed by atoms with Gasteiger partial charge >= 0.3 is 13.8 Å². The second-order valence-electron chi connectivity index (χ2n) is 14.3. The average Bonchev–Trinajstić information content (AvgIpc) is 3.18. The van der Waals surface area contributed by atoms with E-state index >= 15 is 0 Å². The molecule has 0 saturated carbocycles. The number of aliphatic hydroxyl groups is 1. The molecular weight excluding hydrogens is 725 g/mol. The van der Waals surface area contributed by atoms with E-state index in [1.807, 2.05) is 0 Å². The van der Waals surface area contributed by atoms with Gasteiger partial charge in [-0.05, 0) is 83.5 Å². The monoisotopic (exact) mass is 806 g/mol. The zero-order valence-electron chi connectivity index (χ0n) is 35.3. The average molecular weight is 806 g/mol. The number of hydrogen-bond donors (Lipinski definition) is 3. The van der Waals surface area contributed by atoms with Crippen LogP contribution in [0.25, 0.3) is 0 Å². The number of nitrogens with one attached hydrogen (secondary N) is 1. The first-order valence-corrected chi connectivity index (χ1v) is 23.4. The fraction of sp³-hybridized carbons (Fsp3) is 0.696. The summed E-state index contributed by atoms with van der Waals surface area (Å²) in [4.78, 5) is 33.9. The molecule has 3 N–H and O–H groups in total. The number of unbranched alkanes of at least 4 members (excludes halogenated alkanes) is 15. The van der Waals surface area contributed by atoms with Gasteiger partial charge in [0, 0.05) is 19.4 Å². The van der Waals surface area contributed by atoms with Gasteiger partial charge in [-0.15, -0.1) is 0 Å². The number of esters is 1.